The Kier molecular flexibility index (Phi) is 2.87. The van der Waals surface area contributed by atoms with Crippen LogP contribution in [0.15, 0.2) is 4.52 Å². The number of rotatable bonds is 4. The van der Waals surface area contributed by atoms with Crippen LogP contribution >= 0.6 is 0 Å². The first-order valence-electron chi connectivity index (χ1n) is 4.24. The zero-order valence-corrected chi connectivity index (χ0v) is 8.16. The van der Waals surface area contributed by atoms with Crippen LogP contribution in [0.3, 0.4) is 0 Å². The quantitative estimate of drug-likeness (QED) is 0.730. The minimum atomic E-state index is -0.665. The molecule has 0 aliphatic rings. The van der Waals surface area contributed by atoms with Gasteiger partial charge in [0.25, 0.3) is 0 Å². The van der Waals surface area contributed by atoms with E-state index in [4.69, 9.17) is 4.52 Å². The number of aromatic nitrogens is 2. The second kappa shape index (κ2) is 3.74. The smallest absolute Gasteiger partial charge is 0.321 e. The van der Waals surface area contributed by atoms with Gasteiger partial charge in [0.1, 0.15) is 0 Å². The molecule has 1 aromatic rings. The summed E-state index contributed by atoms with van der Waals surface area (Å²) < 4.78 is 4.83. The molecule has 0 aliphatic carbocycles. The summed E-state index contributed by atoms with van der Waals surface area (Å²) in [5.41, 5.74) is -0.665. The fourth-order valence-electron chi connectivity index (χ4n) is 0.844. The maximum Gasteiger partial charge on any atom is 0.321 e. The maximum absolute atomic E-state index is 9.39. The number of nitrogens with zero attached hydrogens (tertiary/aromatic N) is 2. The van der Waals surface area contributed by atoms with E-state index in [9.17, 15) is 5.11 Å². The number of nitrogens with one attached hydrogen (secondary N) is 1. The van der Waals surface area contributed by atoms with Gasteiger partial charge in [-0.3, -0.25) is 0 Å². The van der Waals surface area contributed by atoms with E-state index in [1.807, 2.05) is 0 Å². The standard InChI is InChI=1S/C8H15N3O2/c1-6-10-7(13-11-6)9-5-4-8(2,3)12/h12H,4-5H2,1-3H3,(H,9,10,11). The van der Waals surface area contributed by atoms with E-state index in [1.54, 1.807) is 20.8 Å². The second-order valence-corrected chi connectivity index (χ2v) is 3.64. The van der Waals surface area contributed by atoms with E-state index in [2.05, 4.69) is 15.5 Å². The number of hydrogen-bond donors (Lipinski definition) is 2. The lowest BCUT2D eigenvalue weighted by molar-refractivity contribution is 0.0747. The van der Waals surface area contributed by atoms with E-state index < -0.39 is 5.60 Å². The lowest BCUT2D eigenvalue weighted by Gasteiger charge is -2.15. The van der Waals surface area contributed by atoms with Crippen molar-refractivity contribution in [3.8, 4) is 0 Å². The van der Waals surface area contributed by atoms with Gasteiger partial charge in [-0.2, -0.15) is 4.98 Å². The summed E-state index contributed by atoms with van der Waals surface area (Å²) in [7, 11) is 0. The first kappa shape index (κ1) is 9.98. The molecule has 0 atom stereocenters. The molecule has 2 N–H and O–H groups in total. The van der Waals surface area contributed by atoms with Crippen LogP contribution in [0.2, 0.25) is 0 Å². The monoisotopic (exact) mass is 185 g/mol. The van der Waals surface area contributed by atoms with E-state index in [0.29, 0.717) is 24.8 Å². The van der Waals surface area contributed by atoms with Crippen molar-refractivity contribution in [1.29, 1.82) is 0 Å². The molecule has 1 heterocycles. The molecule has 74 valence electrons. The van der Waals surface area contributed by atoms with Gasteiger partial charge in [-0.05, 0) is 27.2 Å². The Morgan fingerprint density at radius 3 is 2.69 bits per heavy atom. The molecule has 0 spiro atoms. The summed E-state index contributed by atoms with van der Waals surface area (Å²) in [4.78, 5) is 3.96. The summed E-state index contributed by atoms with van der Waals surface area (Å²) in [5, 5.41) is 15.9. The second-order valence-electron chi connectivity index (χ2n) is 3.64. The molecule has 1 rings (SSSR count). The van der Waals surface area contributed by atoms with E-state index >= 15 is 0 Å². The molecule has 0 saturated carbocycles. The Morgan fingerprint density at radius 2 is 2.23 bits per heavy atom. The predicted molar refractivity (Wildman–Crippen MR) is 48.4 cm³/mol. The molecular weight excluding hydrogens is 170 g/mol. The van der Waals surface area contributed by atoms with Crippen LogP contribution in [0.1, 0.15) is 26.1 Å². The van der Waals surface area contributed by atoms with Crippen LogP contribution in [0.5, 0.6) is 0 Å². The Bertz CT molecular complexity index is 265. The maximum atomic E-state index is 9.39. The number of anilines is 1. The molecule has 0 aromatic carbocycles. The van der Waals surface area contributed by atoms with Gasteiger partial charge >= 0.3 is 6.01 Å². The van der Waals surface area contributed by atoms with Gasteiger partial charge in [-0.1, -0.05) is 5.16 Å². The molecule has 13 heavy (non-hydrogen) atoms. The van der Waals surface area contributed by atoms with Gasteiger partial charge < -0.3 is 14.9 Å². The third-order valence-electron chi connectivity index (χ3n) is 1.54. The van der Waals surface area contributed by atoms with Crippen molar-refractivity contribution in [2.45, 2.75) is 32.8 Å². The normalized spacial score (nSPS) is 11.7. The Morgan fingerprint density at radius 1 is 1.54 bits per heavy atom. The van der Waals surface area contributed by atoms with Crippen molar-refractivity contribution in [1.82, 2.24) is 10.1 Å². The van der Waals surface area contributed by atoms with E-state index in [1.165, 1.54) is 0 Å². The van der Waals surface area contributed by atoms with Crippen molar-refractivity contribution < 1.29 is 9.63 Å². The van der Waals surface area contributed by atoms with Crippen molar-refractivity contribution in [3.05, 3.63) is 5.82 Å². The molecule has 0 bridgehead atoms. The first-order chi connectivity index (χ1) is 5.97. The average Bonchev–Trinajstić information content (AvgIpc) is 2.33. The summed E-state index contributed by atoms with van der Waals surface area (Å²) in [6.45, 7) is 5.89. The lowest BCUT2D eigenvalue weighted by atomic mass is 10.1. The molecule has 5 nitrogen and oxygen atoms in total. The molecule has 0 radical (unpaired) electrons. The highest BCUT2D eigenvalue weighted by molar-refractivity contribution is 5.17. The molecule has 0 saturated heterocycles. The van der Waals surface area contributed by atoms with Gasteiger partial charge in [-0.25, -0.2) is 0 Å². The molecule has 5 heteroatoms. The number of aliphatic hydroxyl groups is 1. The first-order valence-corrected chi connectivity index (χ1v) is 4.24. The zero-order valence-electron chi connectivity index (χ0n) is 8.16. The molecule has 1 aromatic heterocycles. The van der Waals surface area contributed by atoms with Gasteiger partial charge in [0.2, 0.25) is 0 Å². The zero-order chi connectivity index (χ0) is 9.90. The van der Waals surface area contributed by atoms with Crippen molar-refractivity contribution >= 4 is 6.01 Å². The van der Waals surface area contributed by atoms with Gasteiger partial charge in [0.15, 0.2) is 5.82 Å². The van der Waals surface area contributed by atoms with Gasteiger partial charge in [0.05, 0.1) is 5.60 Å². The average molecular weight is 185 g/mol. The lowest BCUT2D eigenvalue weighted by Crippen LogP contribution is -2.22. The molecule has 0 fully saturated rings. The van der Waals surface area contributed by atoms with Crippen LogP contribution < -0.4 is 5.32 Å². The van der Waals surface area contributed by atoms with Crippen LogP contribution in [-0.2, 0) is 0 Å². The third kappa shape index (κ3) is 3.89. The highest BCUT2D eigenvalue weighted by Crippen LogP contribution is 2.08. The van der Waals surface area contributed by atoms with Crippen molar-refractivity contribution in [2.24, 2.45) is 0 Å². The third-order valence-corrected chi connectivity index (χ3v) is 1.54. The predicted octanol–water partition coefficient (Wildman–Crippen LogP) is 0.951. The topological polar surface area (TPSA) is 71.2 Å². The Balaban J connectivity index is 2.28. The molecular formula is C8H15N3O2. The van der Waals surface area contributed by atoms with Crippen molar-refractivity contribution in [3.63, 3.8) is 0 Å². The van der Waals surface area contributed by atoms with E-state index in [-0.39, 0.29) is 0 Å². The van der Waals surface area contributed by atoms with Gasteiger partial charge in [0, 0.05) is 6.54 Å². The molecule has 0 unspecified atom stereocenters. The highest BCUT2D eigenvalue weighted by atomic mass is 16.5. The summed E-state index contributed by atoms with van der Waals surface area (Å²) in [6, 6.07) is 0.404. The molecule has 0 amide bonds. The van der Waals surface area contributed by atoms with Crippen molar-refractivity contribution in [2.75, 3.05) is 11.9 Å². The number of aryl methyl sites for hydroxylation is 1. The van der Waals surface area contributed by atoms with Gasteiger partial charge in [-0.15, -0.1) is 0 Å². The Hall–Kier alpha value is -1.10. The van der Waals surface area contributed by atoms with Crippen LogP contribution in [0.25, 0.3) is 0 Å². The summed E-state index contributed by atoms with van der Waals surface area (Å²) in [5.74, 6) is 0.603. The summed E-state index contributed by atoms with van der Waals surface area (Å²) in [6.07, 6.45) is 0.633. The number of hydrogen-bond acceptors (Lipinski definition) is 5. The van der Waals surface area contributed by atoms with Crippen LogP contribution in [0, 0.1) is 6.92 Å². The van der Waals surface area contributed by atoms with E-state index in [0.717, 1.165) is 0 Å². The molecule has 0 aliphatic heterocycles. The minimum Gasteiger partial charge on any atom is -0.390 e. The summed E-state index contributed by atoms with van der Waals surface area (Å²) >= 11 is 0. The van der Waals surface area contributed by atoms with Crippen LogP contribution in [-0.4, -0.2) is 27.4 Å². The van der Waals surface area contributed by atoms with Crippen LogP contribution in [0.4, 0.5) is 6.01 Å². The fourth-order valence-corrected chi connectivity index (χ4v) is 0.844. The fraction of sp³-hybridized carbons (Fsp3) is 0.750. The largest absolute Gasteiger partial charge is 0.390 e. The SMILES string of the molecule is Cc1noc(NCCC(C)(C)O)n1. The highest BCUT2D eigenvalue weighted by Gasteiger charge is 2.12. The minimum absolute atomic E-state index is 0.404. The Labute approximate surface area is 77.2 Å².